The highest BCUT2D eigenvalue weighted by atomic mass is 19.4. The van der Waals surface area contributed by atoms with Crippen LogP contribution in [0.5, 0.6) is 0 Å². The van der Waals surface area contributed by atoms with Crippen LogP contribution in [0.3, 0.4) is 0 Å². The number of rotatable bonds is 7. The summed E-state index contributed by atoms with van der Waals surface area (Å²) in [6.07, 6.45) is -7.76. The van der Waals surface area contributed by atoms with Crippen molar-refractivity contribution in [3.8, 4) is 0 Å². The molecule has 1 aliphatic rings. The molecule has 2 heterocycles. The minimum Gasteiger partial charge on any atom is -0.372 e. The quantitative estimate of drug-likeness (QED) is 0.329. The number of pyridine rings is 1. The summed E-state index contributed by atoms with van der Waals surface area (Å²) in [6, 6.07) is 16.7. The molecule has 0 saturated carbocycles. The first-order valence-corrected chi connectivity index (χ1v) is 11.9. The monoisotopic (exact) mass is 523 g/mol. The Bertz CT molecular complexity index is 1130. The zero-order valence-corrected chi connectivity index (χ0v) is 20.0. The standard InChI is InChI=1S/C27H27F6N3O/c1-18(19-13-21(26(28,29)30)15-22(14-19)27(31,32)33)37-17-25(20-7-3-2-4-8-20)11-10-23(16-35-25)36-24-9-5-6-12-34-24/h2-9,12-15,18,23,35H,10-11,16-17H2,1H3,(H,34,36)/t18-,23+,25-/m1/s1. The van der Waals surface area contributed by atoms with Gasteiger partial charge in [0.2, 0.25) is 0 Å². The molecule has 1 saturated heterocycles. The number of anilines is 1. The third-order valence-electron chi connectivity index (χ3n) is 6.61. The summed E-state index contributed by atoms with van der Waals surface area (Å²) in [7, 11) is 0. The average molecular weight is 524 g/mol. The van der Waals surface area contributed by atoms with Gasteiger partial charge < -0.3 is 15.4 Å². The number of ether oxygens (including phenoxy) is 1. The van der Waals surface area contributed by atoms with Gasteiger partial charge in [0.05, 0.1) is 29.4 Å². The van der Waals surface area contributed by atoms with Crippen LogP contribution >= 0.6 is 0 Å². The Balaban J connectivity index is 1.53. The van der Waals surface area contributed by atoms with Crippen LogP contribution in [0.25, 0.3) is 0 Å². The summed E-state index contributed by atoms with van der Waals surface area (Å²) >= 11 is 0. The number of alkyl halides is 6. The van der Waals surface area contributed by atoms with Gasteiger partial charge in [-0.2, -0.15) is 26.3 Å². The van der Waals surface area contributed by atoms with Gasteiger partial charge >= 0.3 is 12.4 Å². The second-order valence-corrected chi connectivity index (χ2v) is 9.22. The summed E-state index contributed by atoms with van der Waals surface area (Å²) in [5, 5.41) is 6.90. The largest absolute Gasteiger partial charge is 0.416 e. The number of nitrogens with one attached hydrogen (secondary N) is 2. The van der Waals surface area contributed by atoms with Gasteiger partial charge in [0, 0.05) is 18.8 Å². The van der Waals surface area contributed by atoms with E-state index < -0.39 is 35.1 Å². The van der Waals surface area contributed by atoms with Gasteiger partial charge in [-0.05, 0) is 61.2 Å². The van der Waals surface area contributed by atoms with Crippen molar-refractivity contribution in [1.82, 2.24) is 10.3 Å². The molecule has 0 amide bonds. The summed E-state index contributed by atoms with van der Waals surface area (Å²) in [6.45, 7) is 2.08. The Morgan fingerprint density at radius 2 is 1.62 bits per heavy atom. The van der Waals surface area contributed by atoms with E-state index in [9.17, 15) is 26.3 Å². The van der Waals surface area contributed by atoms with Gasteiger partial charge in [0.25, 0.3) is 0 Å². The first-order valence-electron chi connectivity index (χ1n) is 11.9. The highest BCUT2D eigenvalue weighted by Gasteiger charge is 2.39. The van der Waals surface area contributed by atoms with E-state index in [1.165, 1.54) is 6.92 Å². The molecule has 37 heavy (non-hydrogen) atoms. The molecule has 0 bridgehead atoms. The SMILES string of the molecule is C[C@@H](OC[C@@]1(c2ccccc2)CC[C@H](Nc2ccccn2)CN1)c1cc(C(F)(F)F)cc(C(F)(F)F)c1. The van der Waals surface area contributed by atoms with Crippen molar-refractivity contribution in [2.45, 2.75) is 49.8 Å². The molecule has 198 valence electrons. The van der Waals surface area contributed by atoms with Gasteiger partial charge in [-0.3, -0.25) is 0 Å². The number of halogens is 6. The minimum atomic E-state index is -4.92. The van der Waals surface area contributed by atoms with E-state index in [4.69, 9.17) is 4.74 Å². The van der Waals surface area contributed by atoms with E-state index in [1.54, 1.807) is 6.20 Å². The predicted molar refractivity (Wildman–Crippen MR) is 128 cm³/mol. The molecule has 0 aliphatic carbocycles. The molecule has 2 N–H and O–H groups in total. The van der Waals surface area contributed by atoms with E-state index in [2.05, 4.69) is 15.6 Å². The highest BCUT2D eigenvalue weighted by Crippen LogP contribution is 2.39. The molecular formula is C27H27F6N3O. The van der Waals surface area contributed by atoms with Crippen molar-refractivity contribution >= 4 is 5.82 Å². The summed E-state index contributed by atoms with van der Waals surface area (Å²) in [5.41, 5.74) is -2.63. The van der Waals surface area contributed by atoms with Gasteiger partial charge in [0.15, 0.2) is 0 Å². The predicted octanol–water partition coefficient (Wildman–Crippen LogP) is 6.96. The summed E-state index contributed by atoms with van der Waals surface area (Å²) in [4.78, 5) is 4.29. The minimum absolute atomic E-state index is 0.0616. The van der Waals surface area contributed by atoms with Gasteiger partial charge in [-0.15, -0.1) is 0 Å². The molecule has 4 rings (SSSR count). The van der Waals surface area contributed by atoms with Crippen LogP contribution in [0.1, 0.15) is 48.1 Å². The van der Waals surface area contributed by atoms with Gasteiger partial charge in [0.1, 0.15) is 5.82 Å². The Labute approximate surface area is 211 Å². The van der Waals surface area contributed by atoms with E-state index in [-0.39, 0.29) is 24.3 Å². The second kappa shape index (κ2) is 10.7. The maximum absolute atomic E-state index is 13.3. The van der Waals surface area contributed by atoms with Crippen molar-refractivity contribution in [2.24, 2.45) is 0 Å². The molecular weight excluding hydrogens is 496 g/mol. The van der Waals surface area contributed by atoms with Gasteiger partial charge in [-0.25, -0.2) is 4.98 Å². The second-order valence-electron chi connectivity index (χ2n) is 9.22. The first-order chi connectivity index (χ1) is 17.5. The fourth-order valence-electron chi connectivity index (χ4n) is 4.50. The molecule has 4 nitrogen and oxygen atoms in total. The van der Waals surface area contributed by atoms with Crippen molar-refractivity contribution in [3.63, 3.8) is 0 Å². The van der Waals surface area contributed by atoms with Crippen LogP contribution in [0, 0.1) is 0 Å². The number of hydrogen-bond donors (Lipinski definition) is 2. The zero-order chi connectivity index (χ0) is 26.7. The van der Waals surface area contributed by atoms with Crippen LogP contribution < -0.4 is 10.6 Å². The molecule has 1 aliphatic heterocycles. The van der Waals surface area contributed by atoms with Crippen molar-refractivity contribution < 1.29 is 31.1 Å². The van der Waals surface area contributed by atoms with Crippen LogP contribution in [-0.2, 0) is 22.6 Å². The first kappa shape index (κ1) is 26.9. The Morgan fingerprint density at radius 3 is 2.16 bits per heavy atom. The van der Waals surface area contributed by atoms with E-state index in [0.717, 1.165) is 29.9 Å². The topological polar surface area (TPSA) is 46.2 Å². The van der Waals surface area contributed by atoms with E-state index in [1.807, 2.05) is 48.5 Å². The molecule has 10 heteroatoms. The fraction of sp³-hybridized carbons (Fsp3) is 0.370. The van der Waals surface area contributed by atoms with E-state index >= 15 is 0 Å². The number of piperidine rings is 1. The molecule has 3 atom stereocenters. The Hall–Kier alpha value is -3.11. The van der Waals surface area contributed by atoms with Crippen LogP contribution in [-0.4, -0.2) is 24.2 Å². The summed E-state index contributed by atoms with van der Waals surface area (Å²) in [5.74, 6) is 0.747. The van der Waals surface area contributed by atoms with Crippen LogP contribution in [0.2, 0.25) is 0 Å². The molecule has 0 spiro atoms. The Morgan fingerprint density at radius 1 is 0.973 bits per heavy atom. The van der Waals surface area contributed by atoms with Crippen LogP contribution in [0.15, 0.2) is 72.9 Å². The van der Waals surface area contributed by atoms with Crippen molar-refractivity contribution in [2.75, 3.05) is 18.5 Å². The molecule has 2 aromatic carbocycles. The van der Waals surface area contributed by atoms with Crippen molar-refractivity contribution in [3.05, 3.63) is 95.2 Å². The van der Waals surface area contributed by atoms with Gasteiger partial charge in [-0.1, -0.05) is 36.4 Å². The average Bonchev–Trinajstić information content (AvgIpc) is 2.88. The lowest BCUT2D eigenvalue weighted by molar-refractivity contribution is -0.143. The van der Waals surface area contributed by atoms with Crippen LogP contribution in [0.4, 0.5) is 32.2 Å². The Kier molecular flexibility index (Phi) is 7.80. The van der Waals surface area contributed by atoms with Crippen molar-refractivity contribution in [1.29, 1.82) is 0 Å². The lowest BCUT2D eigenvalue weighted by Crippen LogP contribution is -2.55. The third kappa shape index (κ3) is 6.61. The molecule has 0 unspecified atom stereocenters. The highest BCUT2D eigenvalue weighted by molar-refractivity contribution is 5.36. The lowest BCUT2D eigenvalue weighted by Gasteiger charge is -2.42. The number of hydrogen-bond acceptors (Lipinski definition) is 4. The number of aromatic nitrogens is 1. The summed E-state index contributed by atoms with van der Waals surface area (Å²) < 4.78 is 85.9. The normalized spacial score (nSPS) is 21.4. The fourth-order valence-corrected chi connectivity index (χ4v) is 4.50. The maximum Gasteiger partial charge on any atom is 0.416 e. The lowest BCUT2D eigenvalue weighted by atomic mass is 9.81. The maximum atomic E-state index is 13.3. The molecule has 0 radical (unpaired) electrons. The molecule has 1 fully saturated rings. The van der Waals surface area contributed by atoms with E-state index in [0.29, 0.717) is 13.0 Å². The zero-order valence-electron chi connectivity index (χ0n) is 20.0. The third-order valence-corrected chi connectivity index (χ3v) is 6.61. The molecule has 3 aromatic rings. The number of nitrogens with zero attached hydrogens (tertiary/aromatic N) is 1. The smallest absolute Gasteiger partial charge is 0.372 e. The molecule has 1 aromatic heterocycles. The number of benzene rings is 2.